The zero-order valence-corrected chi connectivity index (χ0v) is 15.1. The van der Waals surface area contributed by atoms with E-state index in [1.165, 1.54) is 24.2 Å². The summed E-state index contributed by atoms with van der Waals surface area (Å²) in [6.45, 7) is 0.392. The molecule has 1 fully saturated rings. The number of benzene rings is 1. The van der Waals surface area contributed by atoms with Gasteiger partial charge in [0.25, 0.3) is 5.91 Å². The van der Waals surface area contributed by atoms with Crippen molar-refractivity contribution in [3.63, 3.8) is 0 Å². The average molecular weight is 368 g/mol. The molecule has 7 heteroatoms. The number of thiazole rings is 1. The Morgan fingerprint density at radius 3 is 3.00 bits per heavy atom. The Kier molecular flexibility index (Phi) is 4.97. The molecule has 134 valence electrons. The first-order valence-electron chi connectivity index (χ1n) is 8.74. The fourth-order valence-corrected chi connectivity index (χ4v) is 3.78. The number of hydrogen-bond acceptors (Lipinski definition) is 5. The lowest BCUT2D eigenvalue weighted by Crippen LogP contribution is -2.17. The Morgan fingerprint density at radius 2 is 2.19 bits per heavy atom. The number of amides is 1. The molecule has 6 nitrogen and oxygen atoms in total. The minimum Gasteiger partial charge on any atom is -0.487 e. The Morgan fingerprint density at radius 1 is 1.31 bits per heavy atom. The zero-order valence-electron chi connectivity index (χ0n) is 14.3. The van der Waals surface area contributed by atoms with Crippen LogP contribution in [0.1, 0.15) is 47.8 Å². The molecular formula is C19H20N4O2S. The summed E-state index contributed by atoms with van der Waals surface area (Å²) in [7, 11) is 0. The van der Waals surface area contributed by atoms with Crippen molar-refractivity contribution >= 4 is 23.1 Å². The Balaban J connectivity index is 1.43. The number of ether oxygens (including phenoxy) is 1. The second-order valence-electron chi connectivity index (χ2n) is 6.35. The lowest BCUT2D eigenvalue weighted by molar-refractivity contribution is 0.102. The van der Waals surface area contributed by atoms with Crippen LogP contribution in [0.25, 0.3) is 0 Å². The van der Waals surface area contributed by atoms with E-state index in [9.17, 15) is 4.79 Å². The Bertz CT molecular complexity index is 869. The Labute approximate surface area is 155 Å². The summed E-state index contributed by atoms with van der Waals surface area (Å²) in [5, 5.41) is 9.31. The lowest BCUT2D eigenvalue weighted by atomic mass is 10.2. The molecule has 4 rings (SSSR count). The highest BCUT2D eigenvalue weighted by Gasteiger charge is 2.20. The summed E-state index contributed by atoms with van der Waals surface area (Å²) in [4.78, 5) is 16.8. The van der Waals surface area contributed by atoms with Crippen molar-refractivity contribution in [2.24, 2.45) is 0 Å². The van der Waals surface area contributed by atoms with Crippen LogP contribution in [0.3, 0.4) is 0 Å². The molecule has 3 aromatic rings. The first kappa shape index (κ1) is 16.8. The van der Waals surface area contributed by atoms with Crippen LogP contribution in [-0.2, 0) is 6.61 Å². The van der Waals surface area contributed by atoms with Crippen molar-refractivity contribution in [1.29, 1.82) is 0 Å². The van der Waals surface area contributed by atoms with Crippen LogP contribution in [-0.4, -0.2) is 20.7 Å². The van der Waals surface area contributed by atoms with Crippen LogP contribution in [0.15, 0.2) is 47.4 Å². The second-order valence-corrected chi connectivity index (χ2v) is 7.07. The molecule has 1 aromatic carbocycles. The minimum absolute atomic E-state index is 0.163. The molecule has 2 aromatic heterocycles. The predicted octanol–water partition coefficient (Wildman–Crippen LogP) is 4.29. The number of anilines is 1. The van der Waals surface area contributed by atoms with E-state index < -0.39 is 0 Å². The van der Waals surface area contributed by atoms with Gasteiger partial charge in [0.15, 0.2) is 0 Å². The maximum atomic E-state index is 12.6. The van der Waals surface area contributed by atoms with Gasteiger partial charge in [-0.2, -0.15) is 5.10 Å². The van der Waals surface area contributed by atoms with Gasteiger partial charge < -0.3 is 10.1 Å². The number of rotatable bonds is 6. The smallest absolute Gasteiger partial charge is 0.256 e. The molecule has 2 heterocycles. The van der Waals surface area contributed by atoms with Crippen LogP contribution in [0.2, 0.25) is 0 Å². The standard InChI is InChI=1S/C19H20N4O2S/c24-19(22-18-8-9-21-23(18)16-5-1-2-6-16)14-4-3-7-17(10-14)25-11-15-12-26-13-20-15/h3-4,7-10,12-13,16H,1-2,5-6,11H2,(H,22,24). The number of aromatic nitrogens is 3. The fraction of sp³-hybridized carbons (Fsp3) is 0.316. The molecule has 0 atom stereocenters. The second kappa shape index (κ2) is 7.70. The van der Waals surface area contributed by atoms with Gasteiger partial charge in [-0.3, -0.25) is 4.79 Å². The Hall–Kier alpha value is -2.67. The van der Waals surface area contributed by atoms with Gasteiger partial charge in [-0.05, 0) is 31.0 Å². The van der Waals surface area contributed by atoms with Gasteiger partial charge in [0.05, 0.1) is 23.4 Å². The number of nitrogens with one attached hydrogen (secondary N) is 1. The van der Waals surface area contributed by atoms with Crippen molar-refractivity contribution in [2.45, 2.75) is 38.3 Å². The number of carbonyl (C=O) groups is 1. The van der Waals surface area contributed by atoms with E-state index in [1.807, 2.05) is 28.3 Å². The van der Waals surface area contributed by atoms with Gasteiger partial charge in [0.1, 0.15) is 18.2 Å². The van der Waals surface area contributed by atoms with E-state index >= 15 is 0 Å². The zero-order chi connectivity index (χ0) is 17.8. The van der Waals surface area contributed by atoms with Gasteiger partial charge >= 0.3 is 0 Å². The van der Waals surface area contributed by atoms with E-state index in [-0.39, 0.29) is 5.91 Å². The van der Waals surface area contributed by atoms with E-state index in [4.69, 9.17) is 4.74 Å². The molecule has 1 saturated carbocycles. The van der Waals surface area contributed by atoms with Crippen molar-refractivity contribution in [1.82, 2.24) is 14.8 Å². The molecule has 1 amide bonds. The highest BCUT2D eigenvalue weighted by Crippen LogP contribution is 2.31. The summed E-state index contributed by atoms with van der Waals surface area (Å²) < 4.78 is 7.67. The van der Waals surface area contributed by atoms with Crippen LogP contribution >= 0.6 is 11.3 Å². The summed E-state index contributed by atoms with van der Waals surface area (Å²) in [5.74, 6) is 1.23. The highest BCUT2D eigenvalue weighted by atomic mass is 32.1. The summed E-state index contributed by atoms with van der Waals surface area (Å²) in [5.41, 5.74) is 3.21. The van der Waals surface area contributed by atoms with E-state index in [1.54, 1.807) is 23.8 Å². The van der Waals surface area contributed by atoms with Gasteiger partial charge in [0, 0.05) is 17.0 Å². The van der Waals surface area contributed by atoms with E-state index in [0.29, 0.717) is 24.0 Å². The third-order valence-electron chi connectivity index (χ3n) is 4.55. The van der Waals surface area contributed by atoms with Crippen molar-refractivity contribution < 1.29 is 9.53 Å². The van der Waals surface area contributed by atoms with Crippen LogP contribution in [0, 0.1) is 0 Å². The van der Waals surface area contributed by atoms with Gasteiger partial charge in [-0.1, -0.05) is 18.9 Å². The molecule has 0 aliphatic heterocycles. The normalized spacial score (nSPS) is 14.5. The van der Waals surface area contributed by atoms with Gasteiger partial charge in [-0.25, -0.2) is 9.67 Å². The molecule has 1 N–H and O–H groups in total. The molecule has 26 heavy (non-hydrogen) atoms. The van der Waals surface area contributed by atoms with Crippen LogP contribution in [0.4, 0.5) is 5.82 Å². The van der Waals surface area contributed by atoms with Crippen molar-refractivity contribution in [3.05, 3.63) is 58.7 Å². The third kappa shape index (κ3) is 3.77. The van der Waals surface area contributed by atoms with Crippen LogP contribution in [0.5, 0.6) is 5.75 Å². The summed E-state index contributed by atoms with van der Waals surface area (Å²) >= 11 is 1.53. The largest absolute Gasteiger partial charge is 0.487 e. The van der Waals surface area contributed by atoms with E-state index in [0.717, 1.165) is 24.4 Å². The molecule has 0 spiro atoms. The molecule has 0 unspecified atom stereocenters. The fourth-order valence-electron chi connectivity index (χ4n) is 3.23. The topological polar surface area (TPSA) is 69.0 Å². The average Bonchev–Trinajstić information content (AvgIpc) is 3.41. The maximum absolute atomic E-state index is 12.6. The number of hydrogen-bond donors (Lipinski definition) is 1. The maximum Gasteiger partial charge on any atom is 0.256 e. The molecular weight excluding hydrogens is 348 g/mol. The van der Waals surface area contributed by atoms with Crippen LogP contribution < -0.4 is 10.1 Å². The number of carbonyl (C=O) groups excluding carboxylic acids is 1. The third-order valence-corrected chi connectivity index (χ3v) is 5.18. The molecule has 0 saturated heterocycles. The minimum atomic E-state index is -0.163. The summed E-state index contributed by atoms with van der Waals surface area (Å²) in [6.07, 6.45) is 6.41. The molecule has 0 bridgehead atoms. The highest BCUT2D eigenvalue weighted by molar-refractivity contribution is 7.07. The first-order chi connectivity index (χ1) is 12.8. The molecule has 1 aliphatic rings. The predicted molar refractivity (Wildman–Crippen MR) is 101 cm³/mol. The molecule has 0 radical (unpaired) electrons. The lowest BCUT2D eigenvalue weighted by Gasteiger charge is -2.15. The summed E-state index contributed by atoms with van der Waals surface area (Å²) in [6, 6.07) is 9.41. The van der Waals surface area contributed by atoms with Crippen molar-refractivity contribution in [2.75, 3.05) is 5.32 Å². The first-order valence-corrected chi connectivity index (χ1v) is 9.69. The van der Waals surface area contributed by atoms with Crippen molar-refractivity contribution in [3.8, 4) is 5.75 Å². The monoisotopic (exact) mass is 368 g/mol. The molecule has 1 aliphatic carbocycles. The number of nitrogens with zero attached hydrogens (tertiary/aromatic N) is 3. The van der Waals surface area contributed by atoms with E-state index in [2.05, 4.69) is 15.4 Å². The quantitative estimate of drug-likeness (QED) is 0.705. The van der Waals surface area contributed by atoms with Gasteiger partial charge in [-0.15, -0.1) is 11.3 Å². The SMILES string of the molecule is O=C(Nc1ccnn1C1CCCC1)c1cccc(OCc2cscn2)c1. The van der Waals surface area contributed by atoms with Gasteiger partial charge in [0.2, 0.25) is 0 Å².